The zero-order valence-electron chi connectivity index (χ0n) is 13.6. The van der Waals surface area contributed by atoms with Crippen molar-refractivity contribution in [2.24, 2.45) is 14.1 Å². The second-order valence-corrected chi connectivity index (χ2v) is 8.02. The lowest BCUT2D eigenvalue weighted by atomic mass is 9.80. The van der Waals surface area contributed by atoms with Crippen LogP contribution in [0.1, 0.15) is 36.1 Å². The molecule has 0 aliphatic heterocycles. The van der Waals surface area contributed by atoms with Gasteiger partial charge in [0.15, 0.2) is 5.82 Å². The Hall–Kier alpha value is -1.49. The van der Waals surface area contributed by atoms with Crippen LogP contribution in [0.15, 0.2) is 4.90 Å². The van der Waals surface area contributed by atoms with Crippen LogP contribution < -0.4 is 4.72 Å². The van der Waals surface area contributed by atoms with Crippen LogP contribution in [0.2, 0.25) is 5.15 Å². The minimum absolute atomic E-state index is 0.0244. The van der Waals surface area contributed by atoms with E-state index in [0.717, 1.165) is 5.82 Å². The number of halogens is 1. The Bertz CT molecular complexity index is 869. The van der Waals surface area contributed by atoms with Gasteiger partial charge >= 0.3 is 0 Å². The van der Waals surface area contributed by atoms with Gasteiger partial charge in [0, 0.05) is 26.1 Å². The average molecular weight is 375 g/mol. The molecule has 24 heavy (non-hydrogen) atoms. The van der Waals surface area contributed by atoms with Crippen molar-refractivity contribution >= 4 is 21.6 Å². The van der Waals surface area contributed by atoms with Crippen LogP contribution >= 0.6 is 11.6 Å². The topological polar surface area (TPSA) is 115 Å². The second-order valence-electron chi connectivity index (χ2n) is 6.01. The van der Waals surface area contributed by atoms with Gasteiger partial charge in [-0.15, -0.1) is 10.2 Å². The Kier molecular flexibility index (Phi) is 4.41. The monoisotopic (exact) mass is 374 g/mol. The number of aliphatic hydroxyl groups is 1. The molecule has 0 radical (unpaired) electrons. The summed E-state index contributed by atoms with van der Waals surface area (Å²) in [5.74, 6) is 1.36. The van der Waals surface area contributed by atoms with E-state index in [9.17, 15) is 8.42 Å². The molecule has 1 saturated carbocycles. The summed E-state index contributed by atoms with van der Waals surface area (Å²) >= 11 is 6.04. The van der Waals surface area contributed by atoms with Crippen LogP contribution in [0, 0.1) is 6.92 Å². The minimum atomic E-state index is -3.72. The summed E-state index contributed by atoms with van der Waals surface area (Å²) in [5, 5.41) is 21.3. The van der Waals surface area contributed by atoms with Crippen molar-refractivity contribution in [3.05, 3.63) is 22.5 Å². The van der Waals surface area contributed by atoms with E-state index >= 15 is 0 Å². The molecule has 1 aliphatic rings. The summed E-state index contributed by atoms with van der Waals surface area (Å²) in [6, 6.07) is -0.190. The third kappa shape index (κ3) is 2.83. The first-order valence-electron chi connectivity index (χ1n) is 7.45. The molecule has 9 nitrogen and oxygen atoms in total. The van der Waals surface area contributed by atoms with Crippen molar-refractivity contribution in [2.45, 2.75) is 43.2 Å². The van der Waals surface area contributed by atoms with E-state index in [4.69, 9.17) is 16.7 Å². The molecule has 0 atom stereocenters. The summed E-state index contributed by atoms with van der Waals surface area (Å²) in [7, 11) is -0.338. The van der Waals surface area contributed by atoms with Gasteiger partial charge in [0.1, 0.15) is 22.5 Å². The zero-order chi connectivity index (χ0) is 17.6. The number of aryl methyl sites for hydroxylation is 2. The van der Waals surface area contributed by atoms with E-state index in [1.54, 1.807) is 25.6 Å². The largest absolute Gasteiger partial charge is 0.388 e. The lowest BCUT2D eigenvalue weighted by Gasteiger charge is -2.34. The summed E-state index contributed by atoms with van der Waals surface area (Å²) in [5.41, 5.74) is 0.367. The second kappa shape index (κ2) is 6.10. The zero-order valence-corrected chi connectivity index (χ0v) is 15.1. The van der Waals surface area contributed by atoms with E-state index in [1.165, 1.54) is 4.68 Å². The minimum Gasteiger partial charge on any atom is -0.388 e. The molecule has 0 unspecified atom stereocenters. The van der Waals surface area contributed by atoms with E-state index in [1.807, 2.05) is 0 Å². The van der Waals surface area contributed by atoms with Gasteiger partial charge < -0.3 is 9.67 Å². The normalized spacial score (nSPS) is 21.0. The van der Waals surface area contributed by atoms with Crippen LogP contribution in [0.3, 0.4) is 0 Å². The number of hydrogen-bond acceptors (Lipinski definition) is 6. The quantitative estimate of drug-likeness (QED) is 0.774. The number of rotatable bonds is 5. The smallest absolute Gasteiger partial charge is 0.245 e. The van der Waals surface area contributed by atoms with Crippen molar-refractivity contribution in [3.63, 3.8) is 0 Å². The Morgan fingerprint density at radius 3 is 2.50 bits per heavy atom. The maximum absolute atomic E-state index is 12.5. The molecule has 2 N–H and O–H groups in total. The molecule has 2 aromatic rings. The number of nitrogens with zero attached hydrogens (tertiary/aromatic N) is 5. The Balaban J connectivity index is 1.69. The lowest BCUT2D eigenvalue weighted by Crippen LogP contribution is -2.44. The number of aliphatic hydroxyl groups excluding tert-OH is 1. The molecule has 0 aromatic carbocycles. The molecule has 132 valence electrons. The third-order valence-corrected chi connectivity index (χ3v) is 6.55. The fourth-order valence-electron chi connectivity index (χ4n) is 2.99. The molecule has 2 heterocycles. The average Bonchev–Trinajstić information content (AvgIpc) is 2.94. The van der Waals surface area contributed by atoms with E-state index in [2.05, 4.69) is 20.0 Å². The molecule has 11 heteroatoms. The first-order valence-corrected chi connectivity index (χ1v) is 9.31. The molecule has 0 saturated heterocycles. The highest BCUT2D eigenvalue weighted by atomic mass is 35.5. The molecule has 1 aliphatic carbocycles. The summed E-state index contributed by atoms with van der Waals surface area (Å²) in [6.45, 7) is 1.44. The van der Waals surface area contributed by atoms with Crippen molar-refractivity contribution in [1.29, 1.82) is 0 Å². The number of nitrogens with one attached hydrogen (secondary N) is 1. The fraction of sp³-hybridized carbons (Fsp3) is 0.615. The molecule has 1 fully saturated rings. The highest BCUT2D eigenvalue weighted by Gasteiger charge is 2.38. The molecule has 2 aromatic heterocycles. The molecule has 0 bridgehead atoms. The van der Waals surface area contributed by atoms with Gasteiger partial charge in [-0.3, -0.25) is 4.68 Å². The van der Waals surface area contributed by atoms with Crippen LogP contribution in [0.5, 0.6) is 0 Å². The first kappa shape index (κ1) is 17.3. The van der Waals surface area contributed by atoms with E-state index in [0.29, 0.717) is 24.4 Å². The van der Waals surface area contributed by atoms with Crippen LogP contribution in [-0.4, -0.2) is 44.1 Å². The maximum Gasteiger partial charge on any atom is 0.245 e. The summed E-state index contributed by atoms with van der Waals surface area (Å²) in [6.07, 6.45) is 1.24. The van der Waals surface area contributed by atoms with Gasteiger partial charge in [0.25, 0.3) is 0 Å². The Labute approximate surface area is 144 Å². The lowest BCUT2D eigenvalue weighted by molar-refractivity contribution is 0.264. The fourth-order valence-corrected chi connectivity index (χ4v) is 5.00. The first-order chi connectivity index (χ1) is 11.2. The number of hydrogen-bond donors (Lipinski definition) is 2. The predicted octanol–water partition coefficient (Wildman–Crippen LogP) is 0.227. The van der Waals surface area contributed by atoms with Gasteiger partial charge in [-0.1, -0.05) is 11.6 Å². The highest BCUT2D eigenvalue weighted by molar-refractivity contribution is 7.89. The predicted molar refractivity (Wildman–Crippen MR) is 86.0 cm³/mol. The summed E-state index contributed by atoms with van der Waals surface area (Å²) < 4.78 is 30.8. The van der Waals surface area contributed by atoms with Crippen molar-refractivity contribution in [2.75, 3.05) is 0 Å². The Morgan fingerprint density at radius 2 is 2.00 bits per heavy atom. The van der Waals surface area contributed by atoms with Gasteiger partial charge in [-0.05, 0) is 19.8 Å². The standard InChI is InChI=1S/C13H19ClN6O3S/c1-7-11(12(14)20(3)17-7)24(22,23)18-9-4-8(5-9)13-16-15-10(6-21)19(13)2/h8-9,18,21H,4-6H2,1-3H3. The van der Waals surface area contributed by atoms with Crippen molar-refractivity contribution in [3.8, 4) is 0 Å². The van der Waals surface area contributed by atoms with Gasteiger partial charge in [0.2, 0.25) is 10.0 Å². The van der Waals surface area contributed by atoms with Crippen LogP contribution in [0.4, 0.5) is 0 Å². The summed E-state index contributed by atoms with van der Waals surface area (Å²) in [4.78, 5) is 0.0244. The molecular weight excluding hydrogens is 356 g/mol. The third-order valence-electron chi connectivity index (χ3n) is 4.33. The SMILES string of the molecule is Cc1nn(C)c(Cl)c1S(=O)(=O)NC1CC(c2nnc(CO)n2C)C1. The number of sulfonamides is 1. The van der Waals surface area contributed by atoms with Crippen molar-refractivity contribution < 1.29 is 13.5 Å². The van der Waals surface area contributed by atoms with Gasteiger partial charge in [0.05, 0.1) is 5.69 Å². The highest BCUT2D eigenvalue weighted by Crippen LogP contribution is 2.37. The molecule has 0 spiro atoms. The van der Waals surface area contributed by atoms with Gasteiger partial charge in [-0.2, -0.15) is 5.10 Å². The van der Waals surface area contributed by atoms with Crippen LogP contribution in [-0.2, 0) is 30.7 Å². The van der Waals surface area contributed by atoms with Crippen LogP contribution in [0.25, 0.3) is 0 Å². The van der Waals surface area contributed by atoms with E-state index in [-0.39, 0.29) is 28.6 Å². The molecule has 0 amide bonds. The number of aromatic nitrogens is 5. The molecular formula is C13H19ClN6O3S. The van der Waals surface area contributed by atoms with Gasteiger partial charge in [-0.25, -0.2) is 13.1 Å². The Morgan fingerprint density at radius 1 is 1.33 bits per heavy atom. The van der Waals surface area contributed by atoms with Crippen molar-refractivity contribution in [1.82, 2.24) is 29.3 Å². The van der Waals surface area contributed by atoms with E-state index < -0.39 is 10.0 Å². The molecule has 3 rings (SSSR count). The maximum atomic E-state index is 12.5.